The third kappa shape index (κ3) is 1.36. The van der Waals surface area contributed by atoms with Crippen LogP contribution in [-0.2, 0) is 13.7 Å². The fourth-order valence-electron chi connectivity index (χ4n) is 0.732. The van der Waals surface area contributed by atoms with Gasteiger partial charge in [0.05, 0.1) is 5.69 Å². The van der Waals surface area contributed by atoms with Gasteiger partial charge in [-0.2, -0.15) is 0 Å². The van der Waals surface area contributed by atoms with E-state index in [-0.39, 0.29) is 5.69 Å². The second-order valence-electron chi connectivity index (χ2n) is 2.12. The lowest BCUT2D eigenvalue weighted by atomic mass is 10.4. The summed E-state index contributed by atoms with van der Waals surface area (Å²) in [4.78, 5) is 23.3. The van der Waals surface area contributed by atoms with E-state index >= 15 is 0 Å². The summed E-state index contributed by atoms with van der Waals surface area (Å²) in [5.41, 5.74) is -1.08. The van der Waals surface area contributed by atoms with Crippen LogP contribution in [0.5, 0.6) is 0 Å². The number of halogens is 1. The monoisotopic (exact) mass is 158 g/mol. The Morgan fingerprint density at radius 3 is 2.82 bits per heavy atom. The summed E-state index contributed by atoms with van der Waals surface area (Å²) in [6.07, 6.45) is 0. The topological polar surface area (TPSA) is 54.9 Å². The molecule has 11 heavy (non-hydrogen) atoms. The fraction of sp³-hybridized carbons (Fsp3) is 0.333. The number of rotatable bonds is 1. The minimum absolute atomic E-state index is 0.0822. The molecule has 0 spiro atoms. The molecule has 0 saturated carbocycles. The summed E-state index contributed by atoms with van der Waals surface area (Å²) in [5, 5.41) is 0. The minimum Gasteiger partial charge on any atom is -0.298 e. The van der Waals surface area contributed by atoms with E-state index in [1.807, 2.05) is 4.98 Å². The molecule has 0 bridgehead atoms. The SMILES string of the molecule is Cn1c(CF)cc(=O)[nH]c1=O. The Morgan fingerprint density at radius 1 is 1.64 bits per heavy atom. The van der Waals surface area contributed by atoms with Gasteiger partial charge in [-0.15, -0.1) is 0 Å². The van der Waals surface area contributed by atoms with Gasteiger partial charge < -0.3 is 0 Å². The van der Waals surface area contributed by atoms with Crippen molar-refractivity contribution < 1.29 is 4.39 Å². The summed E-state index contributed by atoms with van der Waals surface area (Å²) in [6, 6.07) is 1.06. The standard InChI is InChI=1S/C6H7FN2O2/c1-9-4(3-7)2-5(10)8-6(9)11/h2H,3H2,1H3,(H,8,10,11). The van der Waals surface area contributed by atoms with Crippen LogP contribution >= 0.6 is 0 Å². The van der Waals surface area contributed by atoms with Gasteiger partial charge in [0.25, 0.3) is 5.56 Å². The number of hydrogen-bond acceptors (Lipinski definition) is 2. The van der Waals surface area contributed by atoms with Crippen LogP contribution in [-0.4, -0.2) is 9.55 Å². The molecule has 1 aromatic rings. The fourth-order valence-corrected chi connectivity index (χ4v) is 0.732. The predicted molar refractivity (Wildman–Crippen MR) is 37.1 cm³/mol. The van der Waals surface area contributed by atoms with Crippen molar-refractivity contribution in [1.29, 1.82) is 0 Å². The van der Waals surface area contributed by atoms with Gasteiger partial charge in [-0.05, 0) is 0 Å². The highest BCUT2D eigenvalue weighted by Gasteiger charge is 1.99. The average molecular weight is 158 g/mol. The maximum absolute atomic E-state index is 12.0. The van der Waals surface area contributed by atoms with Crippen LogP contribution in [0, 0.1) is 0 Å². The first-order valence-electron chi connectivity index (χ1n) is 3.00. The van der Waals surface area contributed by atoms with Gasteiger partial charge in [0.15, 0.2) is 0 Å². The molecule has 0 radical (unpaired) electrons. The van der Waals surface area contributed by atoms with Crippen LogP contribution in [0.1, 0.15) is 5.69 Å². The largest absolute Gasteiger partial charge is 0.328 e. The Labute approximate surface area is 61.3 Å². The molecule has 0 amide bonds. The van der Waals surface area contributed by atoms with Crippen molar-refractivity contribution in [3.8, 4) is 0 Å². The Kier molecular flexibility index (Phi) is 1.89. The third-order valence-corrected chi connectivity index (χ3v) is 1.40. The van der Waals surface area contributed by atoms with E-state index in [0.29, 0.717) is 0 Å². The Bertz CT molecular complexity index is 366. The van der Waals surface area contributed by atoms with Crippen LogP contribution in [0.25, 0.3) is 0 Å². The zero-order valence-corrected chi connectivity index (χ0v) is 5.93. The lowest BCUT2D eigenvalue weighted by Crippen LogP contribution is -2.29. The van der Waals surface area contributed by atoms with Gasteiger partial charge in [-0.25, -0.2) is 9.18 Å². The lowest BCUT2D eigenvalue weighted by Gasteiger charge is -2.00. The van der Waals surface area contributed by atoms with Crippen LogP contribution in [0.4, 0.5) is 4.39 Å². The van der Waals surface area contributed by atoms with Crippen LogP contribution in [0.3, 0.4) is 0 Å². The molecule has 0 fully saturated rings. The number of H-pyrrole nitrogens is 1. The zero-order valence-electron chi connectivity index (χ0n) is 5.93. The van der Waals surface area contributed by atoms with Crippen molar-refractivity contribution in [2.45, 2.75) is 6.67 Å². The molecule has 0 saturated heterocycles. The second-order valence-corrected chi connectivity index (χ2v) is 2.12. The molecule has 1 N–H and O–H groups in total. The quantitative estimate of drug-likeness (QED) is 0.601. The summed E-state index contributed by atoms with van der Waals surface area (Å²) < 4.78 is 13.1. The first-order chi connectivity index (χ1) is 5.15. The normalized spacial score (nSPS) is 10.0. The zero-order chi connectivity index (χ0) is 8.43. The summed E-state index contributed by atoms with van der Waals surface area (Å²) in [5.74, 6) is 0. The molecule has 0 unspecified atom stereocenters. The smallest absolute Gasteiger partial charge is 0.298 e. The molecule has 0 atom stereocenters. The number of hydrogen-bond donors (Lipinski definition) is 1. The Morgan fingerprint density at radius 2 is 2.27 bits per heavy atom. The van der Waals surface area contributed by atoms with Gasteiger partial charge in [0.1, 0.15) is 6.67 Å². The van der Waals surface area contributed by atoms with Gasteiger partial charge in [0, 0.05) is 13.1 Å². The van der Waals surface area contributed by atoms with E-state index < -0.39 is 17.9 Å². The molecule has 0 aliphatic carbocycles. The van der Waals surface area contributed by atoms with Crippen molar-refractivity contribution in [2.75, 3.05) is 0 Å². The van der Waals surface area contributed by atoms with E-state index in [0.717, 1.165) is 10.6 Å². The van der Waals surface area contributed by atoms with Gasteiger partial charge in [0.2, 0.25) is 0 Å². The maximum Gasteiger partial charge on any atom is 0.328 e. The first kappa shape index (κ1) is 7.71. The van der Waals surface area contributed by atoms with Crippen molar-refractivity contribution in [1.82, 2.24) is 9.55 Å². The van der Waals surface area contributed by atoms with E-state index in [1.165, 1.54) is 7.05 Å². The van der Waals surface area contributed by atoms with Crippen LogP contribution in [0.15, 0.2) is 15.7 Å². The average Bonchev–Trinajstić information content (AvgIpc) is 1.96. The molecule has 1 aromatic heterocycles. The highest BCUT2D eigenvalue weighted by atomic mass is 19.1. The Hall–Kier alpha value is -1.39. The predicted octanol–water partition coefficient (Wildman–Crippen LogP) is -0.457. The number of nitrogens with zero attached hydrogens (tertiary/aromatic N) is 1. The van der Waals surface area contributed by atoms with Crippen molar-refractivity contribution in [3.63, 3.8) is 0 Å². The van der Waals surface area contributed by atoms with Crippen molar-refractivity contribution in [3.05, 3.63) is 32.6 Å². The maximum atomic E-state index is 12.0. The highest BCUT2D eigenvalue weighted by Crippen LogP contribution is 1.90. The molecule has 0 aliphatic rings. The number of aromatic nitrogens is 2. The van der Waals surface area contributed by atoms with E-state index in [2.05, 4.69) is 0 Å². The summed E-state index contributed by atoms with van der Waals surface area (Å²) >= 11 is 0. The number of alkyl halides is 1. The molecule has 5 heteroatoms. The molecule has 1 heterocycles. The van der Waals surface area contributed by atoms with Gasteiger partial charge >= 0.3 is 5.69 Å². The lowest BCUT2D eigenvalue weighted by molar-refractivity contribution is 0.457. The molecular formula is C6H7FN2O2. The first-order valence-corrected chi connectivity index (χ1v) is 3.00. The Balaban J connectivity index is 3.49. The number of aromatic amines is 1. The summed E-state index contributed by atoms with van der Waals surface area (Å²) in [7, 11) is 1.40. The van der Waals surface area contributed by atoms with E-state index in [9.17, 15) is 14.0 Å². The second kappa shape index (κ2) is 2.69. The van der Waals surface area contributed by atoms with E-state index in [4.69, 9.17) is 0 Å². The number of nitrogens with one attached hydrogen (secondary N) is 1. The third-order valence-electron chi connectivity index (χ3n) is 1.40. The van der Waals surface area contributed by atoms with Crippen LogP contribution in [0.2, 0.25) is 0 Å². The van der Waals surface area contributed by atoms with Crippen LogP contribution < -0.4 is 11.2 Å². The molecular weight excluding hydrogens is 151 g/mol. The molecule has 60 valence electrons. The summed E-state index contributed by atoms with van der Waals surface area (Å²) in [6.45, 7) is -0.810. The van der Waals surface area contributed by atoms with Gasteiger partial charge in [-0.1, -0.05) is 0 Å². The molecule has 0 aliphatic heterocycles. The molecule has 0 aromatic carbocycles. The molecule has 4 nitrogen and oxygen atoms in total. The highest BCUT2D eigenvalue weighted by molar-refractivity contribution is 4.98. The minimum atomic E-state index is -0.810. The van der Waals surface area contributed by atoms with Crippen molar-refractivity contribution >= 4 is 0 Å². The molecule has 1 rings (SSSR count). The van der Waals surface area contributed by atoms with Crippen molar-refractivity contribution in [2.24, 2.45) is 7.05 Å². The van der Waals surface area contributed by atoms with E-state index in [1.54, 1.807) is 0 Å². The van der Waals surface area contributed by atoms with Gasteiger partial charge in [-0.3, -0.25) is 14.3 Å².